The van der Waals surface area contributed by atoms with Gasteiger partial charge in [-0.15, -0.1) is 0 Å². The van der Waals surface area contributed by atoms with Gasteiger partial charge in [0.25, 0.3) is 0 Å². The molecule has 0 atom stereocenters. The Morgan fingerprint density at radius 2 is 2.08 bits per heavy atom. The summed E-state index contributed by atoms with van der Waals surface area (Å²) < 4.78 is 0. The van der Waals surface area contributed by atoms with Crippen LogP contribution in [0.2, 0.25) is 0 Å². The third kappa shape index (κ3) is 2.84. The number of likely N-dealkylation sites (N-methyl/N-ethyl adjacent to an activating group) is 1. The Hall–Kier alpha value is -0.830. The Bertz CT molecular complexity index is 207. The second-order valence-electron chi connectivity index (χ2n) is 3.76. The van der Waals surface area contributed by atoms with E-state index >= 15 is 0 Å². The molecule has 0 unspecified atom stereocenters. The lowest BCUT2D eigenvalue weighted by Crippen LogP contribution is -2.32. The van der Waals surface area contributed by atoms with Crippen LogP contribution in [0.25, 0.3) is 0 Å². The zero-order valence-electron chi connectivity index (χ0n) is 8.12. The van der Waals surface area contributed by atoms with Crippen molar-refractivity contribution in [3.63, 3.8) is 0 Å². The summed E-state index contributed by atoms with van der Waals surface area (Å²) in [5.74, 6) is -0.884. The Kier molecular flexibility index (Phi) is 3.48. The van der Waals surface area contributed by atoms with Crippen molar-refractivity contribution in [2.75, 3.05) is 13.6 Å². The molecule has 1 fully saturated rings. The van der Waals surface area contributed by atoms with E-state index in [4.69, 9.17) is 5.11 Å². The molecule has 3 nitrogen and oxygen atoms in total. The third-order valence-corrected chi connectivity index (χ3v) is 2.69. The first-order chi connectivity index (χ1) is 6.11. The van der Waals surface area contributed by atoms with Gasteiger partial charge in [-0.25, -0.2) is 4.79 Å². The molecule has 0 saturated heterocycles. The molecule has 13 heavy (non-hydrogen) atoms. The highest BCUT2D eigenvalue weighted by Crippen LogP contribution is 2.22. The first kappa shape index (κ1) is 10.3. The predicted octanol–water partition coefficient (Wildman–Crippen LogP) is 1.50. The van der Waals surface area contributed by atoms with Gasteiger partial charge in [0.1, 0.15) is 0 Å². The molecule has 0 amide bonds. The van der Waals surface area contributed by atoms with Gasteiger partial charge in [-0.3, -0.25) is 4.90 Å². The third-order valence-electron chi connectivity index (χ3n) is 2.69. The monoisotopic (exact) mass is 183 g/mol. The molecular weight excluding hydrogens is 166 g/mol. The number of nitrogens with zero attached hydrogens (tertiary/aromatic N) is 1. The van der Waals surface area contributed by atoms with Crippen LogP contribution in [0.4, 0.5) is 0 Å². The van der Waals surface area contributed by atoms with Crippen molar-refractivity contribution in [2.45, 2.75) is 31.7 Å². The minimum Gasteiger partial charge on any atom is -0.478 e. The molecule has 0 aliphatic heterocycles. The van der Waals surface area contributed by atoms with Crippen LogP contribution in [0.1, 0.15) is 25.7 Å². The molecule has 0 aromatic carbocycles. The van der Waals surface area contributed by atoms with Crippen molar-refractivity contribution in [1.82, 2.24) is 4.90 Å². The second kappa shape index (κ2) is 4.42. The normalized spacial score (nSPS) is 18.0. The largest absolute Gasteiger partial charge is 0.478 e. The SMILES string of the molecule is C=C(CN(C)C1CCCC1)C(=O)O. The molecule has 1 aliphatic rings. The van der Waals surface area contributed by atoms with Crippen molar-refractivity contribution < 1.29 is 9.90 Å². The fourth-order valence-corrected chi connectivity index (χ4v) is 1.84. The molecule has 0 radical (unpaired) electrons. The van der Waals surface area contributed by atoms with E-state index in [-0.39, 0.29) is 5.57 Å². The van der Waals surface area contributed by atoms with E-state index in [0.717, 1.165) is 0 Å². The predicted molar refractivity (Wildman–Crippen MR) is 51.7 cm³/mol. The van der Waals surface area contributed by atoms with Crippen LogP contribution in [0.5, 0.6) is 0 Å². The summed E-state index contributed by atoms with van der Waals surface area (Å²) in [6.45, 7) is 4.01. The number of hydrogen-bond acceptors (Lipinski definition) is 2. The van der Waals surface area contributed by atoms with Gasteiger partial charge in [0.2, 0.25) is 0 Å². The van der Waals surface area contributed by atoms with Crippen molar-refractivity contribution in [3.8, 4) is 0 Å². The molecule has 0 aromatic rings. The lowest BCUT2D eigenvalue weighted by atomic mass is 10.2. The van der Waals surface area contributed by atoms with E-state index in [0.29, 0.717) is 12.6 Å². The lowest BCUT2D eigenvalue weighted by molar-refractivity contribution is -0.132. The van der Waals surface area contributed by atoms with Crippen LogP contribution in [-0.2, 0) is 4.79 Å². The van der Waals surface area contributed by atoms with E-state index in [9.17, 15) is 4.79 Å². The molecule has 1 rings (SSSR count). The molecule has 0 aromatic heterocycles. The maximum absolute atomic E-state index is 10.5. The zero-order valence-corrected chi connectivity index (χ0v) is 8.12. The minimum atomic E-state index is -0.884. The van der Waals surface area contributed by atoms with Gasteiger partial charge in [0.15, 0.2) is 0 Å². The van der Waals surface area contributed by atoms with Crippen molar-refractivity contribution in [2.24, 2.45) is 0 Å². The smallest absolute Gasteiger partial charge is 0.332 e. The number of carbonyl (C=O) groups is 1. The standard InChI is InChI=1S/C10H17NO2/c1-8(10(12)13)7-11(2)9-5-3-4-6-9/h9H,1,3-7H2,2H3,(H,12,13). The summed E-state index contributed by atoms with van der Waals surface area (Å²) >= 11 is 0. The Morgan fingerprint density at radius 3 is 2.54 bits per heavy atom. The first-order valence-electron chi connectivity index (χ1n) is 4.72. The number of carboxylic acids is 1. The summed E-state index contributed by atoms with van der Waals surface area (Å²) in [7, 11) is 1.98. The summed E-state index contributed by atoms with van der Waals surface area (Å²) in [5, 5.41) is 8.65. The van der Waals surface area contributed by atoms with Crippen LogP contribution < -0.4 is 0 Å². The average molecular weight is 183 g/mol. The molecule has 1 N–H and O–H groups in total. The van der Waals surface area contributed by atoms with Gasteiger partial charge in [-0.05, 0) is 19.9 Å². The van der Waals surface area contributed by atoms with Gasteiger partial charge in [0, 0.05) is 18.2 Å². The molecular formula is C10H17NO2. The Morgan fingerprint density at radius 1 is 1.54 bits per heavy atom. The van der Waals surface area contributed by atoms with Gasteiger partial charge < -0.3 is 5.11 Å². The summed E-state index contributed by atoms with van der Waals surface area (Å²) in [6, 6.07) is 0.566. The van der Waals surface area contributed by atoms with Crippen LogP contribution >= 0.6 is 0 Å². The highest BCUT2D eigenvalue weighted by Gasteiger charge is 2.20. The zero-order chi connectivity index (χ0) is 9.84. The fourth-order valence-electron chi connectivity index (χ4n) is 1.84. The first-order valence-corrected chi connectivity index (χ1v) is 4.72. The van der Waals surface area contributed by atoms with E-state index in [1.807, 2.05) is 7.05 Å². The summed E-state index contributed by atoms with van der Waals surface area (Å²) in [6.07, 6.45) is 4.94. The Labute approximate surface area is 79.0 Å². The molecule has 74 valence electrons. The van der Waals surface area contributed by atoms with Gasteiger partial charge in [-0.2, -0.15) is 0 Å². The van der Waals surface area contributed by atoms with Gasteiger partial charge >= 0.3 is 5.97 Å². The Balaban J connectivity index is 2.35. The van der Waals surface area contributed by atoms with E-state index in [1.165, 1.54) is 25.7 Å². The summed E-state index contributed by atoms with van der Waals surface area (Å²) in [5.41, 5.74) is 0.286. The van der Waals surface area contributed by atoms with Gasteiger partial charge in [-0.1, -0.05) is 19.4 Å². The lowest BCUT2D eigenvalue weighted by Gasteiger charge is -2.23. The number of carboxylic acid groups (broad SMARTS) is 1. The maximum atomic E-state index is 10.5. The number of hydrogen-bond donors (Lipinski definition) is 1. The quantitative estimate of drug-likeness (QED) is 0.671. The molecule has 3 heteroatoms. The van der Waals surface area contributed by atoms with Crippen LogP contribution in [0, 0.1) is 0 Å². The average Bonchev–Trinajstić information content (AvgIpc) is 2.55. The molecule has 0 heterocycles. The van der Waals surface area contributed by atoms with E-state index in [1.54, 1.807) is 0 Å². The molecule has 0 spiro atoms. The maximum Gasteiger partial charge on any atom is 0.332 e. The fraction of sp³-hybridized carbons (Fsp3) is 0.700. The highest BCUT2D eigenvalue weighted by atomic mass is 16.4. The molecule has 1 aliphatic carbocycles. The van der Waals surface area contributed by atoms with Gasteiger partial charge in [0.05, 0.1) is 0 Å². The number of rotatable bonds is 4. The molecule has 0 bridgehead atoms. The van der Waals surface area contributed by atoms with Crippen molar-refractivity contribution in [3.05, 3.63) is 12.2 Å². The van der Waals surface area contributed by atoms with Crippen molar-refractivity contribution >= 4 is 5.97 Å². The molecule has 1 saturated carbocycles. The highest BCUT2D eigenvalue weighted by molar-refractivity contribution is 5.86. The van der Waals surface area contributed by atoms with Crippen LogP contribution in [0.3, 0.4) is 0 Å². The van der Waals surface area contributed by atoms with Crippen LogP contribution in [0.15, 0.2) is 12.2 Å². The van der Waals surface area contributed by atoms with E-state index < -0.39 is 5.97 Å². The number of aliphatic carboxylic acids is 1. The second-order valence-corrected chi connectivity index (χ2v) is 3.76. The van der Waals surface area contributed by atoms with Crippen molar-refractivity contribution in [1.29, 1.82) is 0 Å². The van der Waals surface area contributed by atoms with Crippen LogP contribution in [-0.4, -0.2) is 35.6 Å². The van der Waals surface area contributed by atoms with E-state index in [2.05, 4.69) is 11.5 Å². The minimum absolute atomic E-state index is 0.286. The summed E-state index contributed by atoms with van der Waals surface area (Å²) in [4.78, 5) is 12.6. The topological polar surface area (TPSA) is 40.5 Å².